The van der Waals surface area contributed by atoms with E-state index < -0.39 is 0 Å². The molecule has 2 N–H and O–H groups in total. The first kappa shape index (κ1) is 16.2. The highest BCUT2D eigenvalue weighted by atomic mass is 32.1. The van der Waals surface area contributed by atoms with E-state index in [0.717, 1.165) is 4.88 Å². The molecule has 22 heavy (non-hydrogen) atoms. The molecule has 0 aliphatic rings. The van der Waals surface area contributed by atoms with Gasteiger partial charge in [0, 0.05) is 30.2 Å². The van der Waals surface area contributed by atoms with Crippen molar-refractivity contribution in [3.63, 3.8) is 0 Å². The minimum absolute atomic E-state index is 0.0336. The molecule has 0 radical (unpaired) electrons. The minimum Gasteiger partial charge on any atom is -0.352 e. The van der Waals surface area contributed by atoms with Gasteiger partial charge in [-0.3, -0.25) is 14.3 Å². The zero-order valence-electron chi connectivity index (χ0n) is 12.7. The second kappa shape index (κ2) is 7.74. The normalized spacial score (nSPS) is 13.4. The molecule has 2 aromatic heterocycles. The standard InChI is InChI=1S/C15H20N4O2S/c1-11(10-19-7-4-6-16-19)17-15(21)9-13(18-12(2)20)14-5-3-8-22-14/h3-8,11,13H,9-10H2,1-2H3,(H,17,21)(H,18,20)/t11-,13+/m0/s1. The average Bonchev–Trinajstić information content (AvgIpc) is 3.09. The largest absolute Gasteiger partial charge is 0.352 e. The van der Waals surface area contributed by atoms with Gasteiger partial charge in [0.05, 0.1) is 19.0 Å². The maximum Gasteiger partial charge on any atom is 0.222 e. The van der Waals surface area contributed by atoms with Gasteiger partial charge in [0.15, 0.2) is 0 Å². The van der Waals surface area contributed by atoms with Crippen molar-refractivity contribution in [1.29, 1.82) is 0 Å². The molecule has 2 rings (SSSR count). The molecule has 0 spiro atoms. The smallest absolute Gasteiger partial charge is 0.222 e. The van der Waals surface area contributed by atoms with Crippen molar-refractivity contribution in [1.82, 2.24) is 20.4 Å². The molecule has 6 nitrogen and oxygen atoms in total. The van der Waals surface area contributed by atoms with Gasteiger partial charge in [-0.25, -0.2) is 0 Å². The van der Waals surface area contributed by atoms with Crippen LogP contribution in [0.5, 0.6) is 0 Å². The van der Waals surface area contributed by atoms with E-state index in [2.05, 4.69) is 15.7 Å². The summed E-state index contributed by atoms with van der Waals surface area (Å²) >= 11 is 1.53. The Hall–Kier alpha value is -2.15. The predicted octanol–water partition coefficient (Wildman–Crippen LogP) is 1.72. The molecular formula is C15H20N4O2S. The van der Waals surface area contributed by atoms with Gasteiger partial charge in [-0.05, 0) is 24.4 Å². The lowest BCUT2D eigenvalue weighted by molar-refractivity contribution is -0.123. The van der Waals surface area contributed by atoms with Gasteiger partial charge < -0.3 is 10.6 Å². The lowest BCUT2D eigenvalue weighted by atomic mass is 10.1. The van der Waals surface area contributed by atoms with E-state index in [1.54, 1.807) is 10.9 Å². The fourth-order valence-corrected chi connectivity index (χ4v) is 2.99. The zero-order chi connectivity index (χ0) is 15.9. The molecule has 0 saturated carbocycles. The number of amides is 2. The Labute approximate surface area is 133 Å². The molecule has 2 amide bonds. The first-order valence-electron chi connectivity index (χ1n) is 7.12. The van der Waals surface area contributed by atoms with E-state index in [9.17, 15) is 9.59 Å². The van der Waals surface area contributed by atoms with Crippen LogP contribution in [0.1, 0.15) is 31.2 Å². The SMILES string of the molecule is CC(=O)N[C@H](CC(=O)N[C@@H](C)Cn1cccn1)c1cccs1. The van der Waals surface area contributed by atoms with Crippen LogP contribution in [0.4, 0.5) is 0 Å². The molecule has 0 saturated heterocycles. The predicted molar refractivity (Wildman–Crippen MR) is 85.3 cm³/mol. The van der Waals surface area contributed by atoms with E-state index >= 15 is 0 Å². The van der Waals surface area contributed by atoms with E-state index in [-0.39, 0.29) is 30.3 Å². The summed E-state index contributed by atoms with van der Waals surface area (Å²) in [5, 5.41) is 11.8. The van der Waals surface area contributed by atoms with Crippen LogP contribution >= 0.6 is 11.3 Å². The number of rotatable bonds is 7. The molecule has 0 bridgehead atoms. The Balaban J connectivity index is 1.89. The van der Waals surface area contributed by atoms with Gasteiger partial charge in [0.1, 0.15) is 0 Å². The van der Waals surface area contributed by atoms with Gasteiger partial charge in [0.25, 0.3) is 0 Å². The lowest BCUT2D eigenvalue weighted by Gasteiger charge is -2.19. The van der Waals surface area contributed by atoms with Crippen LogP contribution in [0.3, 0.4) is 0 Å². The molecule has 0 fully saturated rings. The zero-order valence-corrected chi connectivity index (χ0v) is 13.5. The maximum absolute atomic E-state index is 12.2. The highest BCUT2D eigenvalue weighted by Gasteiger charge is 2.19. The third-order valence-corrected chi connectivity index (χ3v) is 4.07. The number of carbonyl (C=O) groups excluding carboxylic acids is 2. The summed E-state index contributed by atoms with van der Waals surface area (Å²) in [6, 6.07) is 5.36. The maximum atomic E-state index is 12.2. The van der Waals surface area contributed by atoms with E-state index in [4.69, 9.17) is 0 Å². The third-order valence-electron chi connectivity index (χ3n) is 3.08. The number of carbonyl (C=O) groups is 2. The van der Waals surface area contributed by atoms with Crippen LogP contribution in [0.2, 0.25) is 0 Å². The summed E-state index contributed by atoms with van der Waals surface area (Å²) < 4.78 is 1.77. The Morgan fingerprint density at radius 1 is 1.36 bits per heavy atom. The van der Waals surface area contributed by atoms with Crippen LogP contribution in [0.25, 0.3) is 0 Å². The van der Waals surface area contributed by atoms with Crippen molar-refractivity contribution in [2.75, 3.05) is 0 Å². The van der Waals surface area contributed by atoms with Crippen molar-refractivity contribution >= 4 is 23.2 Å². The number of hydrogen-bond acceptors (Lipinski definition) is 4. The topological polar surface area (TPSA) is 76.0 Å². The molecule has 0 aliphatic carbocycles. The van der Waals surface area contributed by atoms with Crippen molar-refractivity contribution in [3.05, 3.63) is 40.8 Å². The Bertz CT molecular complexity index is 595. The number of hydrogen-bond donors (Lipinski definition) is 2. The summed E-state index contributed by atoms with van der Waals surface area (Å²) in [6.07, 6.45) is 3.79. The van der Waals surface area contributed by atoms with Gasteiger partial charge in [-0.2, -0.15) is 5.10 Å². The quantitative estimate of drug-likeness (QED) is 0.815. The van der Waals surface area contributed by atoms with Crippen molar-refractivity contribution in [3.8, 4) is 0 Å². The van der Waals surface area contributed by atoms with Gasteiger partial charge >= 0.3 is 0 Å². The second-order valence-corrected chi connectivity index (χ2v) is 6.15. The molecule has 2 aromatic rings. The molecule has 2 heterocycles. The van der Waals surface area contributed by atoms with E-state index in [1.807, 2.05) is 36.7 Å². The average molecular weight is 320 g/mol. The van der Waals surface area contributed by atoms with Crippen LogP contribution in [0, 0.1) is 0 Å². The number of nitrogens with one attached hydrogen (secondary N) is 2. The summed E-state index contributed by atoms with van der Waals surface area (Å²) in [5.74, 6) is -0.234. The Kier molecular flexibility index (Phi) is 5.71. The summed E-state index contributed by atoms with van der Waals surface area (Å²) in [6.45, 7) is 4.00. The summed E-state index contributed by atoms with van der Waals surface area (Å²) in [5.41, 5.74) is 0. The first-order valence-corrected chi connectivity index (χ1v) is 8.00. The summed E-state index contributed by atoms with van der Waals surface area (Å²) in [4.78, 5) is 24.5. The first-order chi connectivity index (χ1) is 10.5. The van der Waals surface area contributed by atoms with Crippen molar-refractivity contribution in [2.24, 2.45) is 0 Å². The number of aromatic nitrogens is 2. The molecule has 0 aliphatic heterocycles. The Morgan fingerprint density at radius 3 is 2.77 bits per heavy atom. The van der Waals surface area contributed by atoms with Gasteiger partial charge in [0.2, 0.25) is 11.8 Å². The van der Waals surface area contributed by atoms with E-state index in [1.165, 1.54) is 18.3 Å². The molecular weight excluding hydrogens is 300 g/mol. The summed E-state index contributed by atoms with van der Waals surface area (Å²) in [7, 11) is 0. The molecule has 0 aromatic carbocycles. The molecule has 2 atom stereocenters. The highest BCUT2D eigenvalue weighted by Crippen LogP contribution is 2.22. The van der Waals surface area contributed by atoms with E-state index in [0.29, 0.717) is 6.54 Å². The van der Waals surface area contributed by atoms with Crippen molar-refractivity contribution < 1.29 is 9.59 Å². The highest BCUT2D eigenvalue weighted by molar-refractivity contribution is 7.10. The number of nitrogens with zero attached hydrogens (tertiary/aromatic N) is 2. The van der Waals surface area contributed by atoms with Crippen LogP contribution in [-0.4, -0.2) is 27.6 Å². The second-order valence-electron chi connectivity index (χ2n) is 5.17. The van der Waals surface area contributed by atoms with Crippen LogP contribution in [0.15, 0.2) is 36.0 Å². The molecule has 118 valence electrons. The lowest BCUT2D eigenvalue weighted by Crippen LogP contribution is -2.38. The van der Waals surface area contributed by atoms with Gasteiger partial charge in [-0.15, -0.1) is 11.3 Å². The van der Waals surface area contributed by atoms with Crippen LogP contribution < -0.4 is 10.6 Å². The molecule has 7 heteroatoms. The fourth-order valence-electron chi connectivity index (χ4n) is 2.21. The van der Waals surface area contributed by atoms with Crippen LogP contribution in [-0.2, 0) is 16.1 Å². The third kappa shape index (κ3) is 5.00. The Morgan fingerprint density at radius 2 is 2.18 bits per heavy atom. The van der Waals surface area contributed by atoms with Gasteiger partial charge in [-0.1, -0.05) is 6.07 Å². The van der Waals surface area contributed by atoms with Crippen molar-refractivity contribution in [2.45, 2.75) is 38.9 Å². The molecule has 0 unspecified atom stereocenters. The minimum atomic E-state index is -0.283. The number of thiophene rings is 1. The fraction of sp³-hybridized carbons (Fsp3) is 0.400. The monoisotopic (exact) mass is 320 g/mol.